The summed E-state index contributed by atoms with van der Waals surface area (Å²) in [6, 6.07) is 19.1. The Labute approximate surface area is 195 Å². The largest absolute Gasteiger partial charge is 0.478 e. The molecule has 0 bridgehead atoms. The van der Waals surface area contributed by atoms with Gasteiger partial charge in [-0.1, -0.05) is 60.1 Å². The maximum Gasteiger partial charge on any atom is 0.407 e. The molecule has 168 valence electrons. The number of alkyl carbamates (subject to hydrolysis) is 1. The van der Waals surface area contributed by atoms with E-state index in [0.717, 1.165) is 22.3 Å². The summed E-state index contributed by atoms with van der Waals surface area (Å²) in [4.78, 5) is 35.8. The molecule has 3 aromatic carbocycles. The zero-order valence-corrected chi connectivity index (χ0v) is 18.4. The second-order valence-electron chi connectivity index (χ2n) is 7.68. The van der Waals surface area contributed by atoms with Crippen molar-refractivity contribution in [1.29, 1.82) is 0 Å². The quantitative estimate of drug-likeness (QED) is 0.481. The number of amides is 2. The van der Waals surface area contributed by atoms with E-state index in [9.17, 15) is 14.4 Å². The topological polar surface area (TPSA) is 105 Å². The lowest BCUT2D eigenvalue weighted by Crippen LogP contribution is -2.42. The van der Waals surface area contributed by atoms with Crippen LogP contribution in [-0.2, 0) is 9.53 Å². The molecule has 0 saturated carbocycles. The van der Waals surface area contributed by atoms with Crippen molar-refractivity contribution in [2.75, 3.05) is 11.9 Å². The first kappa shape index (κ1) is 22.4. The van der Waals surface area contributed by atoms with E-state index in [2.05, 4.69) is 22.8 Å². The SMILES string of the molecule is C[C@@H](NC(=O)OCC1c2ccccc2-c2ccccc21)C(=O)Nc1ccc(C(=O)O)cc1Cl. The number of carbonyl (C=O) groups is 3. The van der Waals surface area contributed by atoms with Crippen molar-refractivity contribution >= 4 is 35.3 Å². The standard InChI is InChI=1S/C25H21ClN2O5/c1-14(23(29)28-22-11-10-15(24(30)31)12-21(22)26)27-25(32)33-13-20-18-8-4-2-6-16(18)17-7-3-5-9-19(17)20/h2-12,14,20H,13H2,1H3,(H,27,32)(H,28,29)(H,30,31)/t14-/m1/s1. The molecule has 1 aliphatic rings. The minimum Gasteiger partial charge on any atom is -0.478 e. The van der Waals surface area contributed by atoms with E-state index in [1.807, 2.05) is 36.4 Å². The summed E-state index contributed by atoms with van der Waals surface area (Å²) in [5, 5.41) is 14.2. The fourth-order valence-electron chi connectivity index (χ4n) is 3.87. The van der Waals surface area contributed by atoms with Crippen molar-refractivity contribution in [3.8, 4) is 11.1 Å². The summed E-state index contributed by atoms with van der Waals surface area (Å²) in [5.74, 6) is -1.73. The first-order chi connectivity index (χ1) is 15.8. The number of halogens is 1. The van der Waals surface area contributed by atoms with Crippen molar-refractivity contribution in [3.05, 3.63) is 88.4 Å². The molecule has 3 aromatic rings. The number of hydrogen-bond donors (Lipinski definition) is 3. The van der Waals surface area contributed by atoms with Crippen LogP contribution in [-0.4, -0.2) is 35.7 Å². The normalized spacial score (nSPS) is 12.9. The lowest BCUT2D eigenvalue weighted by Gasteiger charge is -2.17. The monoisotopic (exact) mass is 464 g/mol. The highest BCUT2D eigenvalue weighted by atomic mass is 35.5. The first-order valence-electron chi connectivity index (χ1n) is 10.3. The van der Waals surface area contributed by atoms with E-state index < -0.39 is 24.0 Å². The van der Waals surface area contributed by atoms with Crippen LogP contribution < -0.4 is 10.6 Å². The molecule has 4 rings (SSSR count). The van der Waals surface area contributed by atoms with E-state index in [1.54, 1.807) is 0 Å². The van der Waals surface area contributed by atoms with Crippen LogP contribution in [0.1, 0.15) is 34.3 Å². The lowest BCUT2D eigenvalue weighted by molar-refractivity contribution is -0.117. The van der Waals surface area contributed by atoms with Gasteiger partial charge in [-0.2, -0.15) is 0 Å². The van der Waals surface area contributed by atoms with Gasteiger partial charge in [0.15, 0.2) is 0 Å². The smallest absolute Gasteiger partial charge is 0.407 e. The summed E-state index contributed by atoms with van der Waals surface area (Å²) < 4.78 is 5.46. The molecular formula is C25H21ClN2O5. The number of nitrogens with one attached hydrogen (secondary N) is 2. The molecule has 33 heavy (non-hydrogen) atoms. The van der Waals surface area contributed by atoms with Gasteiger partial charge in [0.2, 0.25) is 5.91 Å². The van der Waals surface area contributed by atoms with Gasteiger partial charge in [0.1, 0.15) is 12.6 Å². The van der Waals surface area contributed by atoms with Crippen molar-refractivity contribution in [1.82, 2.24) is 5.32 Å². The van der Waals surface area contributed by atoms with Crippen molar-refractivity contribution in [2.45, 2.75) is 18.9 Å². The number of carboxylic acids is 1. The zero-order chi connectivity index (χ0) is 23.5. The molecule has 3 N–H and O–H groups in total. The van der Waals surface area contributed by atoms with Gasteiger partial charge in [0.25, 0.3) is 0 Å². The number of rotatable bonds is 6. The third kappa shape index (κ3) is 4.68. The number of benzene rings is 3. The Morgan fingerprint density at radius 3 is 2.18 bits per heavy atom. The molecule has 1 aliphatic carbocycles. The van der Waals surface area contributed by atoms with Crippen LogP contribution in [0.25, 0.3) is 11.1 Å². The second kappa shape index (κ2) is 9.34. The highest BCUT2D eigenvalue weighted by Crippen LogP contribution is 2.44. The average Bonchev–Trinajstić information content (AvgIpc) is 3.12. The van der Waals surface area contributed by atoms with Gasteiger partial charge in [0.05, 0.1) is 16.3 Å². The maximum atomic E-state index is 12.5. The average molecular weight is 465 g/mol. The molecule has 1 atom stereocenters. The molecule has 7 nitrogen and oxygen atoms in total. The number of anilines is 1. The molecule has 0 aliphatic heterocycles. The van der Waals surface area contributed by atoms with Crippen LogP contribution in [0.2, 0.25) is 5.02 Å². The molecule has 0 saturated heterocycles. The molecule has 8 heteroatoms. The summed E-state index contributed by atoms with van der Waals surface area (Å²) in [6.45, 7) is 1.65. The van der Waals surface area contributed by atoms with Gasteiger partial charge in [-0.05, 0) is 47.4 Å². The minimum absolute atomic E-state index is 0.00260. The molecule has 0 aromatic heterocycles. The van der Waals surface area contributed by atoms with E-state index in [1.165, 1.54) is 25.1 Å². The van der Waals surface area contributed by atoms with Gasteiger partial charge < -0.3 is 20.5 Å². The second-order valence-corrected chi connectivity index (χ2v) is 8.09. The van der Waals surface area contributed by atoms with E-state index >= 15 is 0 Å². The van der Waals surface area contributed by atoms with Crippen LogP contribution in [0, 0.1) is 0 Å². The van der Waals surface area contributed by atoms with Crippen LogP contribution in [0.5, 0.6) is 0 Å². The van der Waals surface area contributed by atoms with Crippen molar-refractivity contribution < 1.29 is 24.2 Å². The van der Waals surface area contributed by atoms with Crippen LogP contribution in [0.3, 0.4) is 0 Å². The molecular weight excluding hydrogens is 444 g/mol. The van der Waals surface area contributed by atoms with Crippen LogP contribution in [0.4, 0.5) is 10.5 Å². The Morgan fingerprint density at radius 1 is 1.00 bits per heavy atom. The van der Waals surface area contributed by atoms with Crippen molar-refractivity contribution in [3.63, 3.8) is 0 Å². The summed E-state index contributed by atoms with van der Waals surface area (Å²) in [6.07, 6.45) is -0.716. The Morgan fingerprint density at radius 2 is 1.61 bits per heavy atom. The van der Waals surface area contributed by atoms with Gasteiger partial charge in [-0.25, -0.2) is 9.59 Å². The number of hydrogen-bond acceptors (Lipinski definition) is 4. The zero-order valence-electron chi connectivity index (χ0n) is 17.7. The third-order valence-corrected chi connectivity index (χ3v) is 5.86. The number of ether oxygens (including phenoxy) is 1. The molecule has 2 amide bonds. The fourth-order valence-corrected chi connectivity index (χ4v) is 4.10. The third-order valence-electron chi connectivity index (χ3n) is 5.55. The highest BCUT2D eigenvalue weighted by molar-refractivity contribution is 6.34. The van der Waals surface area contributed by atoms with E-state index in [0.29, 0.717) is 0 Å². The van der Waals surface area contributed by atoms with Gasteiger partial charge in [-0.3, -0.25) is 4.79 Å². The van der Waals surface area contributed by atoms with E-state index in [4.69, 9.17) is 21.4 Å². The van der Waals surface area contributed by atoms with Crippen molar-refractivity contribution in [2.24, 2.45) is 0 Å². The highest BCUT2D eigenvalue weighted by Gasteiger charge is 2.29. The molecule has 0 heterocycles. The van der Waals surface area contributed by atoms with Gasteiger partial charge >= 0.3 is 12.1 Å². The molecule has 0 unspecified atom stereocenters. The van der Waals surface area contributed by atoms with Gasteiger partial charge in [-0.15, -0.1) is 0 Å². The number of carboxylic acid groups (broad SMARTS) is 1. The molecule has 0 spiro atoms. The lowest BCUT2D eigenvalue weighted by atomic mass is 9.98. The van der Waals surface area contributed by atoms with Gasteiger partial charge in [0, 0.05) is 5.92 Å². The molecule has 0 radical (unpaired) electrons. The number of aromatic carboxylic acids is 1. The van der Waals surface area contributed by atoms with Crippen LogP contribution >= 0.6 is 11.6 Å². The Hall–Kier alpha value is -3.84. The summed E-state index contributed by atoms with van der Waals surface area (Å²) in [5.41, 5.74) is 4.69. The Balaban J connectivity index is 1.36. The minimum atomic E-state index is -1.12. The molecule has 0 fully saturated rings. The predicted octanol–water partition coefficient (Wildman–Crippen LogP) is 4.90. The Bertz CT molecular complexity index is 1200. The first-order valence-corrected chi connectivity index (χ1v) is 10.7. The Kier molecular flexibility index (Phi) is 6.33. The number of fused-ring (bicyclic) bond motifs is 3. The van der Waals surface area contributed by atoms with Crippen LogP contribution in [0.15, 0.2) is 66.7 Å². The maximum absolute atomic E-state index is 12.5. The summed E-state index contributed by atoms with van der Waals surface area (Å²) >= 11 is 6.04. The fraction of sp³-hybridized carbons (Fsp3) is 0.160. The number of carbonyl (C=O) groups excluding carboxylic acids is 2. The van der Waals surface area contributed by atoms with E-state index in [-0.39, 0.29) is 28.8 Å². The predicted molar refractivity (Wildman–Crippen MR) is 125 cm³/mol. The summed E-state index contributed by atoms with van der Waals surface area (Å²) in [7, 11) is 0.